The van der Waals surface area contributed by atoms with E-state index in [1.54, 1.807) is 12.1 Å². The molecule has 1 spiro atoms. The fraction of sp³-hybridized carbons (Fsp3) is 0.467. The summed E-state index contributed by atoms with van der Waals surface area (Å²) in [5.74, 6) is -0.630. The number of carboxylic acid groups (broad SMARTS) is 1. The molecule has 0 saturated heterocycles. The smallest absolute Gasteiger partial charge is 0.335 e. The zero-order valence-corrected chi connectivity index (χ0v) is 10.2. The molecule has 0 unspecified atom stereocenters. The number of benzene rings is 1. The number of hydrogen-bond donors (Lipinski definition) is 1. The molecule has 18 heavy (non-hydrogen) atoms. The Hall–Kier alpha value is -1.64. The third kappa shape index (κ3) is 1.50. The molecule has 1 aromatic rings. The van der Waals surface area contributed by atoms with Crippen LogP contribution in [0.5, 0.6) is 0 Å². The van der Waals surface area contributed by atoms with Crippen molar-refractivity contribution in [1.29, 1.82) is 0 Å². The summed E-state index contributed by atoms with van der Waals surface area (Å²) in [6.07, 6.45) is 5.70. The Morgan fingerprint density at radius 2 is 1.89 bits per heavy atom. The first kappa shape index (κ1) is 11.5. The molecular formula is C15H16O3. The minimum Gasteiger partial charge on any atom is -0.478 e. The van der Waals surface area contributed by atoms with Crippen LogP contribution >= 0.6 is 0 Å². The minimum atomic E-state index is -0.921. The molecule has 3 heteroatoms. The average Bonchev–Trinajstić information content (AvgIpc) is 2.63. The van der Waals surface area contributed by atoms with Crippen molar-refractivity contribution in [1.82, 2.24) is 0 Å². The average molecular weight is 244 g/mol. The highest BCUT2D eigenvalue weighted by atomic mass is 16.4. The summed E-state index contributed by atoms with van der Waals surface area (Å²) in [6.45, 7) is 0. The highest BCUT2D eigenvalue weighted by Gasteiger charge is 2.46. The van der Waals surface area contributed by atoms with Crippen LogP contribution in [-0.2, 0) is 16.6 Å². The third-order valence-corrected chi connectivity index (χ3v) is 4.46. The largest absolute Gasteiger partial charge is 0.478 e. The SMILES string of the molecule is O=C(O)c1ccc2c(c1)CC(=O)C21CCCCC1. The summed E-state index contributed by atoms with van der Waals surface area (Å²) in [5.41, 5.74) is 2.03. The molecule has 1 fully saturated rings. The zero-order chi connectivity index (χ0) is 12.8. The van der Waals surface area contributed by atoms with Crippen LogP contribution in [0.2, 0.25) is 0 Å². The number of fused-ring (bicyclic) bond motifs is 2. The zero-order valence-electron chi connectivity index (χ0n) is 10.2. The first-order chi connectivity index (χ1) is 8.63. The summed E-state index contributed by atoms with van der Waals surface area (Å²) in [6, 6.07) is 5.18. The lowest BCUT2D eigenvalue weighted by atomic mass is 9.69. The second kappa shape index (κ2) is 3.94. The van der Waals surface area contributed by atoms with Gasteiger partial charge in [-0.25, -0.2) is 4.79 Å². The van der Waals surface area contributed by atoms with Gasteiger partial charge in [-0.1, -0.05) is 25.3 Å². The molecule has 1 saturated carbocycles. The Labute approximate surface area is 106 Å². The van der Waals surface area contributed by atoms with Gasteiger partial charge < -0.3 is 5.11 Å². The normalized spacial score (nSPS) is 21.0. The molecule has 1 aromatic carbocycles. The highest BCUT2D eigenvalue weighted by molar-refractivity contribution is 5.98. The van der Waals surface area contributed by atoms with E-state index in [1.807, 2.05) is 6.07 Å². The summed E-state index contributed by atoms with van der Waals surface area (Å²) >= 11 is 0. The number of aromatic carboxylic acids is 1. The molecular weight excluding hydrogens is 228 g/mol. The summed E-state index contributed by atoms with van der Waals surface area (Å²) in [5, 5.41) is 9.00. The van der Waals surface area contributed by atoms with Crippen LogP contribution in [0.4, 0.5) is 0 Å². The number of carboxylic acids is 1. The Morgan fingerprint density at radius 1 is 1.17 bits per heavy atom. The molecule has 0 bridgehead atoms. The highest BCUT2D eigenvalue weighted by Crippen LogP contribution is 2.46. The van der Waals surface area contributed by atoms with E-state index in [9.17, 15) is 9.59 Å². The first-order valence-electron chi connectivity index (χ1n) is 6.53. The number of ketones is 1. The predicted octanol–water partition coefficient (Wildman–Crippen LogP) is 2.71. The number of Topliss-reactive ketones (excluding diaryl/α,β-unsaturated/α-hetero) is 1. The maximum absolute atomic E-state index is 12.3. The van der Waals surface area contributed by atoms with Gasteiger partial charge in [0.05, 0.1) is 11.0 Å². The molecule has 0 radical (unpaired) electrons. The van der Waals surface area contributed by atoms with Crippen molar-refractivity contribution >= 4 is 11.8 Å². The van der Waals surface area contributed by atoms with Crippen molar-refractivity contribution in [3.05, 3.63) is 34.9 Å². The van der Waals surface area contributed by atoms with Crippen LogP contribution in [0.1, 0.15) is 53.6 Å². The monoisotopic (exact) mass is 244 g/mol. The predicted molar refractivity (Wildman–Crippen MR) is 66.9 cm³/mol. The van der Waals surface area contributed by atoms with Gasteiger partial charge in [-0.2, -0.15) is 0 Å². The van der Waals surface area contributed by atoms with Crippen LogP contribution in [0, 0.1) is 0 Å². The molecule has 0 atom stereocenters. The van der Waals surface area contributed by atoms with Crippen molar-refractivity contribution < 1.29 is 14.7 Å². The Morgan fingerprint density at radius 3 is 2.56 bits per heavy atom. The van der Waals surface area contributed by atoms with Gasteiger partial charge in [0, 0.05) is 6.42 Å². The molecule has 2 aliphatic carbocycles. The van der Waals surface area contributed by atoms with Crippen LogP contribution in [0.3, 0.4) is 0 Å². The van der Waals surface area contributed by atoms with E-state index in [0.717, 1.165) is 36.8 Å². The van der Waals surface area contributed by atoms with E-state index >= 15 is 0 Å². The topological polar surface area (TPSA) is 54.4 Å². The Bertz CT molecular complexity index is 525. The van der Waals surface area contributed by atoms with Crippen molar-refractivity contribution in [3.63, 3.8) is 0 Å². The van der Waals surface area contributed by atoms with Gasteiger partial charge in [-0.05, 0) is 36.1 Å². The molecule has 0 aromatic heterocycles. The molecule has 0 heterocycles. The van der Waals surface area contributed by atoms with Gasteiger partial charge in [-0.3, -0.25) is 4.79 Å². The second-order valence-electron chi connectivity index (χ2n) is 5.42. The minimum absolute atomic E-state index is 0.286. The van der Waals surface area contributed by atoms with Crippen LogP contribution < -0.4 is 0 Å². The van der Waals surface area contributed by atoms with Gasteiger partial charge in [0.25, 0.3) is 0 Å². The number of hydrogen-bond acceptors (Lipinski definition) is 2. The van der Waals surface area contributed by atoms with E-state index in [2.05, 4.69) is 0 Å². The molecule has 2 aliphatic rings. The second-order valence-corrected chi connectivity index (χ2v) is 5.42. The number of rotatable bonds is 1. The molecule has 94 valence electrons. The summed E-state index contributed by atoms with van der Waals surface area (Å²) in [4.78, 5) is 23.3. The maximum Gasteiger partial charge on any atom is 0.335 e. The molecule has 0 amide bonds. The van der Waals surface area contributed by atoms with Crippen LogP contribution in [-0.4, -0.2) is 16.9 Å². The number of carbonyl (C=O) groups is 2. The lowest BCUT2D eigenvalue weighted by Crippen LogP contribution is -2.34. The standard InChI is InChI=1S/C15H16O3/c16-13-9-11-8-10(14(17)18)4-5-12(11)15(13)6-2-1-3-7-15/h4-5,8H,1-3,6-7,9H2,(H,17,18). The van der Waals surface area contributed by atoms with Crippen molar-refractivity contribution in [3.8, 4) is 0 Å². The Kier molecular flexibility index (Phi) is 2.51. The lowest BCUT2D eigenvalue weighted by Gasteiger charge is -2.32. The van der Waals surface area contributed by atoms with Gasteiger partial charge in [-0.15, -0.1) is 0 Å². The van der Waals surface area contributed by atoms with Gasteiger partial charge in [0.15, 0.2) is 0 Å². The van der Waals surface area contributed by atoms with Gasteiger partial charge >= 0.3 is 5.97 Å². The molecule has 0 aliphatic heterocycles. The van der Waals surface area contributed by atoms with Crippen LogP contribution in [0.15, 0.2) is 18.2 Å². The lowest BCUT2D eigenvalue weighted by molar-refractivity contribution is -0.124. The number of carbonyl (C=O) groups excluding carboxylic acids is 1. The van der Waals surface area contributed by atoms with E-state index < -0.39 is 5.97 Å². The molecule has 1 N–H and O–H groups in total. The van der Waals surface area contributed by atoms with E-state index in [4.69, 9.17) is 5.11 Å². The Balaban J connectivity index is 2.08. The third-order valence-electron chi connectivity index (χ3n) is 4.46. The van der Waals surface area contributed by atoms with Crippen LogP contribution in [0.25, 0.3) is 0 Å². The quantitative estimate of drug-likeness (QED) is 0.826. The molecule has 3 rings (SSSR count). The van der Waals surface area contributed by atoms with Crippen molar-refractivity contribution in [2.45, 2.75) is 43.9 Å². The molecule has 3 nitrogen and oxygen atoms in total. The maximum atomic E-state index is 12.3. The van der Waals surface area contributed by atoms with E-state index in [-0.39, 0.29) is 11.0 Å². The van der Waals surface area contributed by atoms with E-state index in [0.29, 0.717) is 12.2 Å². The summed E-state index contributed by atoms with van der Waals surface area (Å²) < 4.78 is 0. The van der Waals surface area contributed by atoms with Gasteiger partial charge in [0.2, 0.25) is 0 Å². The fourth-order valence-electron chi connectivity index (χ4n) is 3.54. The van der Waals surface area contributed by atoms with Crippen molar-refractivity contribution in [2.75, 3.05) is 0 Å². The fourth-order valence-corrected chi connectivity index (χ4v) is 3.54. The first-order valence-corrected chi connectivity index (χ1v) is 6.53. The van der Waals surface area contributed by atoms with Crippen molar-refractivity contribution in [2.24, 2.45) is 0 Å². The van der Waals surface area contributed by atoms with Gasteiger partial charge in [0.1, 0.15) is 5.78 Å². The summed E-state index contributed by atoms with van der Waals surface area (Å²) in [7, 11) is 0. The van der Waals surface area contributed by atoms with E-state index in [1.165, 1.54) is 6.42 Å².